The van der Waals surface area contributed by atoms with Gasteiger partial charge in [0.2, 0.25) is 0 Å². The molecule has 0 spiro atoms. The van der Waals surface area contributed by atoms with Crippen LogP contribution in [-0.2, 0) is 16.2 Å². The molecule has 0 atom stereocenters. The van der Waals surface area contributed by atoms with Gasteiger partial charge in [-0.3, -0.25) is 0 Å². The maximum Gasteiger partial charge on any atom is 0.264 e. The van der Waals surface area contributed by atoms with Gasteiger partial charge in [-0.25, -0.2) is 0 Å². The van der Waals surface area contributed by atoms with Crippen LogP contribution in [0.1, 0.15) is 128 Å². The van der Waals surface area contributed by atoms with Crippen LogP contribution in [0.2, 0.25) is 0 Å². The molecule has 4 heteroatoms. The third-order valence-corrected chi connectivity index (χ3v) is 14.9. The number of anilines is 5. The number of fused-ring (bicyclic) bond motifs is 7. The fourth-order valence-corrected chi connectivity index (χ4v) is 11.2. The first-order valence-corrected chi connectivity index (χ1v) is 21.9. The molecule has 0 N–H and O–H groups in total. The molecule has 0 amide bonds. The van der Waals surface area contributed by atoms with Crippen LogP contribution in [0.3, 0.4) is 0 Å². The third-order valence-electron chi connectivity index (χ3n) is 13.7. The molecule has 0 saturated carbocycles. The average molecular weight is 771 g/mol. The van der Waals surface area contributed by atoms with Crippen LogP contribution in [0.5, 0.6) is 0 Å². The highest BCUT2D eigenvalue weighted by molar-refractivity contribution is 7.33. The summed E-state index contributed by atoms with van der Waals surface area (Å²) in [6.07, 6.45) is 9.06. The van der Waals surface area contributed by atoms with E-state index in [2.05, 4.69) is 193 Å². The number of rotatable bonds is 4. The molecule has 1 aromatic heterocycles. The molecule has 0 radical (unpaired) electrons. The van der Waals surface area contributed by atoms with Crippen molar-refractivity contribution in [3.63, 3.8) is 0 Å². The fraction of sp³-hybridized carbons (Fsp3) is 0.396. The molecule has 0 fully saturated rings. The molecule has 2 nitrogen and oxygen atoms in total. The van der Waals surface area contributed by atoms with Gasteiger partial charge in [0.05, 0.1) is 11.4 Å². The summed E-state index contributed by atoms with van der Waals surface area (Å²) in [7, 11) is 0. The van der Waals surface area contributed by atoms with E-state index in [1.165, 1.54) is 112 Å². The van der Waals surface area contributed by atoms with Crippen molar-refractivity contribution in [2.24, 2.45) is 5.41 Å². The first-order valence-electron chi connectivity index (χ1n) is 21.1. The lowest BCUT2D eigenvalue weighted by Gasteiger charge is -2.47. The summed E-state index contributed by atoms with van der Waals surface area (Å²) >= 11 is 2.00. The van der Waals surface area contributed by atoms with Gasteiger partial charge in [-0.15, -0.1) is 11.3 Å². The van der Waals surface area contributed by atoms with Crippen LogP contribution in [0.25, 0.3) is 10.1 Å². The van der Waals surface area contributed by atoms with Gasteiger partial charge in [-0.05, 0) is 150 Å². The predicted molar refractivity (Wildman–Crippen MR) is 254 cm³/mol. The second kappa shape index (κ2) is 13.1. The molecular formula is C53H63BN2S. The highest BCUT2D eigenvalue weighted by atomic mass is 32.1. The zero-order valence-electron chi connectivity index (χ0n) is 37.4. The van der Waals surface area contributed by atoms with E-state index in [1.54, 1.807) is 0 Å². The van der Waals surface area contributed by atoms with E-state index < -0.39 is 0 Å². The summed E-state index contributed by atoms with van der Waals surface area (Å²) in [5.74, 6) is 0. The van der Waals surface area contributed by atoms with E-state index in [0.717, 1.165) is 5.70 Å². The van der Waals surface area contributed by atoms with Gasteiger partial charge in [0.25, 0.3) is 6.71 Å². The van der Waals surface area contributed by atoms with Crippen molar-refractivity contribution in [3.8, 4) is 0 Å². The van der Waals surface area contributed by atoms with Crippen molar-refractivity contribution in [1.29, 1.82) is 0 Å². The number of thiophene rings is 1. The Labute approximate surface area is 348 Å². The second-order valence-electron chi connectivity index (χ2n) is 21.0. The number of aryl methyl sites for hydroxylation is 4. The quantitative estimate of drug-likeness (QED) is 0.130. The molecule has 2 aliphatic heterocycles. The standard InChI is InChI=1S/C53H63BN2S/c1-17-37(20-18-35(6)50(7,8)9)55-43-26-32(3)27-44-46(43)54(49-48(55)38-21-19-36(51(10,11)12)28-45(38)57-49)41-29-39-40(53(15,16)23-22-52(39,13)14)30-42(41)56(44)47-33(4)24-31(2)25-34(47)5/h17-21,24-30H,1,22-23H2,2-16H3/b35-18+,37-20+. The van der Waals surface area contributed by atoms with Crippen LogP contribution in [0.4, 0.5) is 28.4 Å². The topological polar surface area (TPSA) is 6.48 Å². The van der Waals surface area contributed by atoms with Crippen LogP contribution in [0, 0.1) is 33.1 Å². The molecular weight excluding hydrogens is 707 g/mol. The van der Waals surface area contributed by atoms with Crippen molar-refractivity contribution in [2.45, 2.75) is 133 Å². The van der Waals surface area contributed by atoms with E-state index in [0.29, 0.717) is 0 Å². The lowest BCUT2D eigenvalue weighted by molar-refractivity contribution is 0.332. The Bertz CT molecular complexity index is 2550. The zero-order chi connectivity index (χ0) is 41.3. The summed E-state index contributed by atoms with van der Waals surface area (Å²) in [5.41, 5.74) is 21.6. The molecule has 0 bridgehead atoms. The Balaban J connectivity index is 1.55. The molecule has 0 unspecified atom stereocenters. The minimum atomic E-state index is 0.0478. The van der Waals surface area contributed by atoms with Gasteiger partial charge < -0.3 is 9.80 Å². The van der Waals surface area contributed by atoms with Gasteiger partial charge in [-0.1, -0.05) is 123 Å². The molecule has 5 aromatic rings. The third kappa shape index (κ3) is 6.28. The molecule has 8 rings (SSSR count). The predicted octanol–water partition coefficient (Wildman–Crippen LogP) is 13.6. The maximum absolute atomic E-state index is 4.49. The Hall–Kier alpha value is -4.28. The summed E-state index contributed by atoms with van der Waals surface area (Å²) in [5, 5.41) is 1.31. The molecule has 3 heterocycles. The molecule has 57 heavy (non-hydrogen) atoms. The van der Waals surface area contributed by atoms with E-state index in [9.17, 15) is 0 Å². The first kappa shape index (κ1) is 39.5. The smallest absolute Gasteiger partial charge is 0.264 e. The first-order chi connectivity index (χ1) is 26.5. The van der Waals surface area contributed by atoms with Crippen molar-refractivity contribution >= 4 is 72.3 Å². The average Bonchev–Trinajstić information content (AvgIpc) is 3.48. The highest BCUT2D eigenvalue weighted by Gasteiger charge is 2.48. The minimum Gasteiger partial charge on any atom is -0.311 e. The van der Waals surface area contributed by atoms with Crippen molar-refractivity contribution in [2.75, 3.05) is 9.80 Å². The monoisotopic (exact) mass is 770 g/mol. The minimum absolute atomic E-state index is 0.0478. The summed E-state index contributed by atoms with van der Waals surface area (Å²) in [6.45, 7) is 39.7. The van der Waals surface area contributed by atoms with Crippen molar-refractivity contribution in [1.82, 2.24) is 0 Å². The molecule has 0 saturated heterocycles. The Kier molecular flexibility index (Phi) is 9.10. The van der Waals surface area contributed by atoms with Gasteiger partial charge >= 0.3 is 0 Å². The zero-order valence-corrected chi connectivity index (χ0v) is 38.2. The molecule has 1 aliphatic carbocycles. The highest BCUT2D eigenvalue weighted by Crippen LogP contribution is 2.52. The van der Waals surface area contributed by atoms with Gasteiger partial charge in [0, 0.05) is 37.6 Å². The van der Waals surface area contributed by atoms with Gasteiger partial charge in [0.15, 0.2) is 0 Å². The van der Waals surface area contributed by atoms with Gasteiger partial charge in [0.1, 0.15) is 0 Å². The van der Waals surface area contributed by atoms with E-state index in [4.69, 9.17) is 0 Å². The Morgan fingerprint density at radius 2 is 1.33 bits per heavy atom. The lowest BCUT2D eigenvalue weighted by Crippen LogP contribution is -2.61. The van der Waals surface area contributed by atoms with Gasteiger partial charge in [-0.2, -0.15) is 0 Å². The number of hydrogen-bond acceptors (Lipinski definition) is 3. The van der Waals surface area contributed by atoms with E-state index in [1.807, 2.05) is 11.3 Å². The summed E-state index contributed by atoms with van der Waals surface area (Å²) < 4.78 is 2.77. The fourth-order valence-electron chi connectivity index (χ4n) is 9.87. The lowest BCUT2D eigenvalue weighted by atomic mass is 9.35. The Morgan fingerprint density at radius 3 is 1.93 bits per heavy atom. The van der Waals surface area contributed by atoms with Crippen LogP contribution < -0.4 is 25.5 Å². The molecule has 294 valence electrons. The SMILES string of the molecule is C=C/C(=C\C=C(/C)C(C)(C)C)N1c2cc(C)cc3c2B(c2cc4c(cc2N3c2c(C)cc(C)cc2C)C(C)(C)CCC4(C)C)c2sc3cc(C(C)(C)C)ccc3c21. The Morgan fingerprint density at radius 1 is 0.737 bits per heavy atom. The molecule has 3 aliphatic rings. The van der Waals surface area contributed by atoms with Crippen LogP contribution in [0.15, 0.2) is 90.7 Å². The normalized spacial score (nSPS) is 17.4. The van der Waals surface area contributed by atoms with Crippen molar-refractivity contribution < 1.29 is 0 Å². The second-order valence-corrected chi connectivity index (χ2v) is 22.0. The summed E-state index contributed by atoms with van der Waals surface area (Å²) in [4.78, 5) is 5.23. The van der Waals surface area contributed by atoms with Crippen LogP contribution in [-0.4, -0.2) is 6.71 Å². The maximum atomic E-state index is 4.49. The number of benzene rings is 4. The van der Waals surface area contributed by atoms with Crippen molar-refractivity contribution in [3.05, 3.63) is 130 Å². The molecule has 4 aromatic carbocycles. The van der Waals surface area contributed by atoms with Crippen LogP contribution >= 0.6 is 11.3 Å². The number of nitrogens with zero attached hydrogens (tertiary/aromatic N) is 2. The number of hydrogen-bond donors (Lipinski definition) is 0. The largest absolute Gasteiger partial charge is 0.311 e. The summed E-state index contributed by atoms with van der Waals surface area (Å²) in [6, 6.07) is 22.2. The van der Waals surface area contributed by atoms with E-state index in [-0.39, 0.29) is 28.4 Å². The van der Waals surface area contributed by atoms with E-state index >= 15 is 0 Å². The number of allylic oxidation sites excluding steroid dienone is 4.